The molecule has 5 nitrogen and oxygen atoms in total. The standard InChI is InChI=1S/C19H21N3O2/c1-13-7-14(2)9-17(8-13)24-12-19(23)22-6-5-21-11-15-10-16(20)3-4-18(15)22/h3-4,7-11H,5-6,12,20H2,1-2H3. The molecule has 1 aliphatic rings. The predicted molar refractivity (Wildman–Crippen MR) is 97.1 cm³/mol. The molecule has 0 spiro atoms. The highest BCUT2D eigenvalue weighted by molar-refractivity contribution is 6.01. The Morgan fingerprint density at radius 1 is 1.21 bits per heavy atom. The Bertz CT molecular complexity index is 779. The van der Waals surface area contributed by atoms with Crippen LogP contribution in [0.1, 0.15) is 16.7 Å². The van der Waals surface area contributed by atoms with Crippen LogP contribution in [0.3, 0.4) is 0 Å². The van der Waals surface area contributed by atoms with E-state index >= 15 is 0 Å². The number of nitrogens with two attached hydrogens (primary N) is 1. The van der Waals surface area contributed by atoms with E-state index < -0.39 is 0 Å². The van der Waals surface area contributed by atoms with E-state index in [-0.39, 0.29) is 12.5 Å². The van der Waals surface area contributed by atoms with Crippen LogP contribution in [-0.4, -0.2) is 31.8 Å². The van der Waals surface area contributed by atoms with Gasteiger partial charge in [-0.1, -0.05) is 6.07 Å². The van der Waals surface area contributed by atoms with Crippen LogP contribution in [0.25, 0.3) is 0 Å². The average Bonchev–Trinajstić information content (AvgIpc) is 2.73. The summed E-state index contributed by atoms with van der Waals surface area (Å²) >= 11 is 0. The highest BCUT2D eigenvalue weighted by atomic mass is 16.5. The van der Waals surface area contributed by atoms with Gasteiger partial charge in [-0.05, 0) is 55.3 Å². The van der Waals surface area contributed by atoms with Gasteiger partial charge in [0.05, 0.1) is 12.2 Å². The summed E-state index contributed by atoms with van der Waals surface area (Å²) in [7, 11) is 0. The summed E-state index contributed by atoms with van der Waals surface area (Å²) in [5.74, 6) is 0.620. The maximum atomic E-state index is 12.7. The lowest BCUT2D eigenvalue weighted by Crippen LogP contribution is -2.36. The normalized spacial score (nSPS) is 13.3. The molecule has 0 fully saturated rings. The van der Waals surface area contributed by atoms with E-state index in [1.54, 1.807) is 17.2 Å². The number of nitrogens with zero attached hydrogens (tertiary/aromatic N) is 2. The highest BCUT2D eigenvalue weighted by Gasteiger charge is 2.20. The average molecular weight is 323 g/mol. The van der Waals surface area contributed by atoms with Crippen molar-refractivity contribution >= 4 is 23.5 Å². The lowest BCUT2D eigenvalue weighted by molar-refractivity contribution is -0.120. The molecule has 2 aromatic rings. The van der Waals surface area contributed by atoms with E-state index in [9.17, 15) is 4.79 Å². The third-order valence-electron chi connectivity index (χ3n) is 3.88. The van der Waals surface area contributed by atoms with Crippen LogP contribution in [0.5, 0.6) is 5.75 Å². The Labute approximate surface area is 141 Å². The fourth-order valence-corrected chi connectivity index (χ4v) is 2.86. The van der Waals surface area contributed by atoms with Gasteiger partial charge in [0.2, 0.25) is 0 Å². The Balaban J connectivity index is 1.76. The third-order valence-corrected chi connectivity index (χ3v) is 3.88. The van der Waals surface area contributed by atoms with Gasteiger partial charge in [0, 0.05) is 24.0 Å². The Kier molecular flexibility index (Phi) is 4.51. The summed E-state index contributed by atoms with van der Waals surface area (Å²) in [6, 6.07) is 11.4. The number of carbonyl (C=O) groups excluding carboxylic acids is 1. The molecular formula is C19H21N3O2. The fraction of sp³-hybridized carbons (Fsp3) is 0.263. The molecule has 3 rings (SSSR count). The molecule has 2 N–H and O–H groups in total. The molecule has 1 amide bonds. The van der Waals surface area contributed by atoms with Crippen LogP contribution in [0.2, 0.25) is 0 Å². The van der Waals surface area contributed by atoms with Crippen LogP contribution in [0, 0.1) is 13.8 Å². The zero-order chi connectivity index (χ0) is 17.1. The molecule has 1 aliphatic heterocycles. The second kappa shape index (κ2) is 6.74. The maximum Gasteiger partial charge on any atom is 0.264 e. The van der Waals surface area contributed by atoms with Crippen LogP contribution in [0.4, 0.5) is 11.4 Å². The zero-order valence-corrected chi connectivity index (χ0v) is 14.0. The molecule has 0 bridgehead atoms. The van der Waals surface area contributed by atoms with Gasteiger partial charge in [0.15, 0.2) is 6.61 Å². The molecule has 0 aliphatic carbocycles. The lowest BCUT2D eigenvalue weighted by atomic mass is 10.1. The summed E-state index contributed by atoms with van der Waals surface area (Å²) in [6.07, 6.45) is 1.77. The van der Waals surface area contributed by atoms with Crippen LogP contribution in [-0.2, 0) is 4.79 Å². The second-order valence-electron chi connectivity index (χ2n) is 6.01. The molecule has 124 valence electrons. The summed E-state index contributed by atoms with van der Waals surface area (Å²) in [6.45, 7) is 5.10. The number of hydrogen-bond donors (Lipinski definition) is 1. The number of ether oxygens (including phenoxy) is 1. The molecule has 0 atom stereocenters. The Hall–Kier alpha value is -2.82. The van der Waals surface area contributed by atoms with Gasteiger partial charge in [-0.15, -0.1) is 0 Å². The highest BCUT2D eigenvalue weighted by Crippen LogP contribution is 2.24. The molecule has 1 heterocycles. The minimum Gasteiger partial charge on any atom is -0.484 e. The van der Waals surface area contributed by atoms with Gasteiger partial charge >= 0.3 is 0 Å². The van der Waals surface area contributed by atoms with Crippen molar-refractivity contribution in [2.24, 2.45) is 4.99 Å². The number of hydrogen-bond acceptors (Lipinski definition) is 4. The van der Waals surface area contributed by atoms with Gasteiger partial charge in [-0.3, -0.25) is 9.79 Å². The van der Waals surface area contributed by atoms with Gasteiger partial charge < -0.3 is 15.4 Å². The predicted octanol–water partition coefficient (Wildman–Crippen LogP) is 2.73. The number of rotatable bonds is 3. The van der Waals surface area contributed by atoms with Gasteiger partial charge in [0.25, 0.3) is 5.91 Å². The molecule has 0 radical (unpaired) electrons. The molecule has 0 saturated heterocycles. The van der Waals surface area contributed by atoms with Crippen LogP contribution in [0.15, 0.2) is 41.4 Å². The Morgan fingerprint density at radius 2 is 1.96 bits per heavy atom. The van der Waals surface area contributed by atoms with Gasteiger partial charge in [-0.2, -0.15) is 0 Å². The first-order chi connectivity index (χ1) is 11.5. The molecule has 2 aromatic carbocycles. The van der Waals surface area contributed by atoms with Crippen molar-refractivity contribution in [3.8, 4) is 5.75 Å². The quantitative estimate of drug-likeness (QED) is 0.883. The van der Waals surface area contributed by atoms with E-state index in [1.165, 1.54) is 0 Å². The molecule has 24 heavy (non-hydrogen) atoms. The van der Waals surface area contributed by atoms with E-state index in [1.807, 2.05) is 38.1 Å². The topological polar surface area (TPSA) is 67.9 Å². The van der Waals surface area contributed by atoms with E-state index in [4.69, 9.17) is 10.5 Å². The number of carbonyl (C=O) groups is 1. The monoisotopic (exact) mass is 323 g/mol. The smallest absolute Gasteiger partial charge is 0.264 e. The minimum absolute atomic E-state index is 0.00723. The first-order valence-corrected chi connectivity index (χ1v) is 7.94. The number of aryl methyl sites for hydroxylation is 2. The summed E-state index contributed by atoms with van der Waals surface area (Å²) < 4.78 is 5.71. The minimum atomic E-state index is -0.0920. The number of nitrogen functional groups attached to an aromatic ring is 1. The summed E-state index contributed by atoms with van der Waals surface area (Å²) in [5, 5.41) is 0. The van der Waals surface area contributed by atoms with Crippen molar-refractivity contribution in [3.63, 3.8) is 0 Å². The van der Waals surface area contributed by atoms with Crippen molar-refractivity contribution < 1.29 is 9.53 Å². The number of fused-ring (bicyclic) bond motifs is 1. The van der Waals surface area contributed by atoms with Crippen LogP contribution < -0.4 is 15.4 Å². The largest absolute Gasteiger partial charge is 0.484 e. The number of anilines is 2. The van der Waals surface area contributed by atoms with Crippen molar-refractivity contribution in [1.29, 1.82) is 0 Å². The first-order valence-electron chi connectivity index (χ1n) is 7.94. The number of benzene rings is 2. The van der Waals surface area contributed by atoms with Crippen molar-refractivity contribution in [2.45, 2.75) is 13.8 Å². The van der Waals surface area contributed by atoms with Crippen molar-refractivity contribution in [1.82, 2.24) is 0 Å². The van der Waals surface area contributed by atoms with Crippen LogP contribution >= 0.6 is 0 Å². The maximum absolute atomic E-state index is 12.7. The first kappa shape index (κ1) is 16.1. The molecular weight excluding hydrogens is 302 g/mol. The number of benzodiazepines with no additional fused rings is 1. The Morgan fingerprint density at radius 3 is 2.71 bits per heavy atom. The molecule has 5 heteroatoms. The second-order valence-corrected chi connectivity index (χ2v) is 6.01. The van der Waals surface area contributed by atoms with E-state index in [0.717, 1.165) is 22.4 Å². The van der Waals surface area contributed by atoms with Crippen molar-refractivity contribution in [2.75, 3.05) is 30.3 Å². The summed E-state index contributed by atoms with van der Waals surface area (Å²) in [4.78, 5) is 18.7. The lowest BCUT2D eigenvalue weighted by Gasteiger charge is -2.22. The fourth-order valence-electron chi connectivity index (χ4n) is 2.86. The van der Waals surface area contributed by atoms with E-state index in [2.05, 4.69) is 11.1 Å². The molecule has 0 saturated carbocycles. The van der Waals surface area contributed by atoms with E-state index in [0.29, 0.717) is 24.5 Å². The third kappa shape index (κ3) is 3.56. The SMILES string of the molecule is Cc1cc(C)cc(OCC(=O)N2CCN=Cc3cc(N)ccc32)c1. The molecule has 0 aromatic heterocycles. The number of aliphatic imine (C=N–C) groups is 1. The van der Waals surface area contributed by atoms with Gasteiger partial charge in [-0.25, -0.2) is 0 Å². The van der Waals surface area contributed by atoms with Gasteiger partial charge in [0.1, 0.15) is 5.75 Å². The molecule has 0 unspecified atom stereocenters. The van der Waals surface area contributed by atoms with Crippen molar-refractivity contribution in [3.05, 3.63) is 53.1 Å². The summed E-state index contributed by atoms with van der Waals surface area (Å²) in [5.41, 5.74) is 10.4. The number of amides is 1. The zero-order valence-electron chi connectivity index (χ0n) is 14.0.